The number of hydrogen-bond donors (Lipinski definition) is 1. The van der Waals surface area contributed by atoms with Crippen LogP contribution in [0.2, 0.25) is 0 Å². The van der Waals surface area contributed by atoms with E-state index < -0.39 is 0 Å². The molecule has 0 saturated heterocycles. The van der Waals surface area contributed by atoms with E-state index in [1.165, 1.54) is 64.2 Å². The fourth-order valence-electron chi connectivity index (χ4n) is 7.08. The highest BCUT2D eigenvalue weighted by molar-refractivity contribution is 5.39. The average Bonchev–Trinajstić information content (AvgIpc) is 3.05. The van der Waals surface area contributed by atoms with Gasteiger partial charge in [-0.05, 0) is 75.0 Å². The van der Waals surface area contributed by atoms with Crippen molar-refractivity contribution in [1.29, 1.82) is 0 Å². The molecule has 5 aliphatic carbocycles. The Morgan fingerprint density at radius 2 is 1.68 bits per heavy atom. The summed E-state index contributed by atoms with van der Waals surface area (Å²) in [5, 5.41) is 11.5. The number of rotatable bonds is 0. The second-order valence-electron chi connectivity index (χ2n) is 8.04. The molecule has 0 amide bonds. The van der Waals surface area contributed by atoms with Gasteiger partial charge in [-0.3, -0.25) is 0 Å². The molecule has 3 fully saturated rings. The number of fused-ring (bicyclic) bond motifs is 11. The first-order valence-electron chi connectivity index (χ1n) is 8.74. The molecule has 1 N–H and O–H groups in total. The molecule has 3 saturated carbocycles. The first kappa shape index (κ1) is 11.4. The minimum atomic E-state index is -0.244. The van der Waals surface area contributed by atoms with Crippen LogP contribution >= 0.6 is 0 Å². The van der Waals surface area contributed by atoms with Crippen molar-refractivity contribution in [2.45, 2.75) is 69.8 Å². The Morgan fingerprint density at radius 1 is 0.895 bits per heavy atom. The predicted octanol–water partition coefficient (Wildman–Crippen LogP) is 4.06. The second kappa shape index (κ2) is 3.67. The highest BCUT2D eigenvalue weighted by atomic mass is 16.3. The van der Waals surface area contributed by atoms with Crippen LogP contribution in [0.4, 0.5) is 0 Å². The Kier molecular flexibility index (Phi) is 2.19. The van der Waals surface area contributed by atoms with Crippen LogP contribution in [0.25, 0.3) is 0 Å². The molecular formula is C18H26O. The first-order chi connectivity index (χ1) is 9.30. The van der Waals surface area contributed by atoms with E-state index in [-0.39, 0.29) is 5.60 Å². The minimum Gasteiger partial charge on any atom is -0.389 e. The summed E-state index contributed by atoms with van der Waals surface area (Å²) in [6, 6.07) is 0. The monoisotopic (exact) mass is 258 g/mol. The molecule has 4 bridgehead atoms. The quantitative estimate of drug-likeness (QED) is 0.513. The summed E-state index contributed by atoms with van der Waals surface area (Å²) in [6.07, 6.45) is 13.8. The van der Waals surface area contributed by atoms with Crippen LogP contribution in [-0.2, 0) is 0 Å². The van der Waals surface area contributed by atoms with Crippen LogP contribution < -0.4 is 0 Å². The van der Waals surface area contributed by atoms with Gasteiger partial charge in [0.2, 0.25) is 0 Å². The first-order valence-corrected chi connectivity index (χ1v) is 8.74. The molecule has 0 heterocycles. The molecule has 1 heteroatoms. The Morgan fingerprint density at radius 3 is 2.53 bits per heavy atom. The van der Waals surface area contributed by atoms with Crippen molar-refractivity contribution in [3.05, 3.63) is 11.1 Å². The average molecular weight is 258 g/mol. The van der Waals surface area contributed by atoms with Crippen molar-refractivity contribution in [3.63, 3.8) is 0 Å². The smallest absolute Gasteiger partial charge is 0.0777 e. The van der Waals surface area contributed by atoms with Gasteiger partial charge in [0.1, 0.15) is 0 Å². The fraction of sp³-hybridized carbons (Fsp3) is 0.889. The normalized spacial score (nSPS) is 55.1. The Bertz CT molecular complexity index is 451. The molecule has 0 spiro atoms. The van der Waals surface area contributed by atoms with Gasteiger partial charge < -0.3 is 5.11 Å². The van der Waals surface area contributed by atoms with Crippen LogP contribution in [-0.4, -0.2) is 10.7 Å². The van der Waals surface area contributed by atoms with Gasteiger partial charge in [-0.25, -0.2) is 0 Å². The van der Waals surface area contributed by atoms with E-state index in [9.17, 15) is 5.11 Å². The van der Waals surface area contributed by atoms with E-state index in [2.05, 4.69) is 0 Å². The lowest BCUT2D eigenvalue weighted by molar-refractivity contribution is -0.0762. The summed E-state index contributed by atoms with van der Waals surface area (Å²) in [5.74, 6) is 3.61. The third-order valence-corrected chi connectivity index (χ3v) is 7.57. The van der Waals surface area contributed by atoms with Crippen LogP contribution in [0.3, 0.4) is 0 Å². The van der Waals surface area contributed by atoms with Crippen LogP contribution in [0.1, 0.15) is 64.2 Å². The molecule has 104 valence electrons. The fourth-order valence-corrected chi connectivity index (χ4v) is 7.08. The topological polar surface area (TPSA) is 20.2 Å². The molecule has 5 aliphatic rings. The minimum absolute atomic E-state index is 0.244. The molecule has 19 heavy (non-hydrogen) atoms. The van der Waals surface area contributed by atoms with Crippen LogP contribution in [0.15, 0.2) is 11.1 Å². The summed E-state index contributed by atoms with van der Waals surface area (Å²) < 4.78 is 0. The van der Waals surface area contributed by atoms with Gasteiger partial charge in [0.05, 0.1) is 5.60 Å². The van der Waals surface area contributed by atoms with E-state index in [0.29, 0.717) is 17.8 Å². The van der Waals surface area contributed by atoms with Gasteiger partial charge in [-0.1, -0.05) is 24.0 Å². The van der Waals surface area contributed by atoms with Gasteiger partial charge in [0, 0.05) is 5.92 Å². The molecule has 6 atom stereocenters. The van der Waals surface area contributed by atoms with Crippen molar-refractivity contribution in [2.24, 2.45) is 29.6 Å². The second-order valence-corrected chi connectivity index (χ2v) is 8.04. The number of allylic oxidation sites excluding steroid dienone is 1. The molecule has 0 aliphatic heterocycles. The SMILES string of the molecule is O[C@]12[C@H]3CC[C@@H](C3)[C@@H]1[C@H]1C[C@H]2C2=C1CCCCCC2. The number of hydrogen-bond acceptors (Lipinski definition) is 1. The standard InChI is InChI=1S/C18H26O/c19-18-12-8-7-11(9-12)17(18)15-10-16(18)14-6-4-2-1-3-5-13(14)15/h11-12,15-17,19H,1-10H2/t11-,12-,15-,16-,17+,18-/m0/s1. The third kappa shape index (κ3) is 1.22. The Balaban J connectivity index is 1.59. The molecule has 0 radical (unpaired) electrons. The van der Waals surface area contributed by atoms with Gasteiger partial charge in [-0.15, -0.1) is 0 Å². The lowest BCUT2D eigenvalue weighted by Gasteiger charge is -2.45. The van der Waals surface area contributed by atoms with E-state index in [1.54, 1.807) is 5.57 Å². The van der Waals surface area contributed by atoms with Gasteiger partial charge in [0.15, 0.2) is 0 Å². The van der Waals surface area contributed by atoms with Crippen molar-refractivity contribution in [2.75, 3.05) is 0 Å². The maximum absolute atomic E-state index is 11.5. The van der Waals surface area contributed by atoms with Crippen molar-refractivity contribution in [3.8, 4) is 0 Å². The third-order valence-electron chi connectivity index (χ3n) is 7.57. The lowest BCUT2D eigenvalue weighted by atomic mass is 9.64. The highest BCUT2D eigenvalue weighted by Crippen LogP contribution is 2.71. The van der Waals surface area contributed by atoms with Crippen molar-refractivity contribution < 1.29 is 5.11 Å². The van der Waals surface area contributed by atoms with E-state index in [4.69, 9.17) is 0 Å². The van der Waals surface area contributed by atoms with E-state index in [0.717, 1.165) is 11.8 Å². The largest absolute Gasteiger partial charge is 0.389 e. The zero-order valence-electron chi connectivity index (χ0n) is 11.9. The molecule has 0 aromatic rings. The van der Waals surface area contributed by atoms with Crippen molar-refractivity contribution >= 4 is 0 Å². The Labute approximate surface area is 116 Å². The Hall–Kier alpha value is -0.300. The zero-order chi connectivity index (χ0) is 12.6. The van der Waals surface area contributed by atoms with Gasteiger partial charge in [0.25, 0.3) is 0 Å². The van der Waals surface area contributed by atoms with Gasteiger partial charge in [-0.2, -0.15) is 0 Å². The summed E-state index contributed by atoms with van der Waals surface area (Å²) >= 11 is 0. The maximum atomic E-state index is 11.5. The van der Waals surface area contributed by atoms with Crippen LogP contribution in [0.5, 0.6) is 0 Å². The van der Waals surface area contributed by atoms with E-state index in [1.807, 2.05) is 5.57 Å². The molecule has 1 nitrogen and oxygen atoms in total. The summed E-state index contributed by atoms with van der Waals surface area (Å²) in [6.45, 7) is 0. The maximum Gasteiger partial charge on any atom is 0.0777 e. The van der Waals surface area contributed by atoms with Gasteiger partial charge >= 0.3 is 0 Å². The van der Waals surface area contributed by atoms with E-state index >= 15 is 0 Å². The molecule has 0 unspecified atom stereocenters. The van der Waals surface area contributed by atoms with Crippen molar-refractivity contribution in [1.82, 2.24) is 0 Å². The highest BCUT2D eigenvalue weighted by Gasteiger charge is 2.70. The molecule has 5 rings (SSSR count). The summed E-state index contributed by atoms with van der Waals surface area (Å²) in [4.78, 5) is 0. The number of aliphatic hydroxyl groups is 1. The zero-order valence-corrected chi connectivity index (χ0v) is 11.9. The summed E-state index contributed by atoms with van der Waals surface area (Å²) in [7, 11) is 0. The lowest BCUT2D eigenvalue weighted by Crippen LogP contribution is -2.48. The molecular weight excluding hydrogens is 232 g/mol. The summed E-state index contributed by atoms with van der Waals surface area (Å²) in [5.41, 5.74) is 3.37. The molecule has 0 aromatic heterocycles. The van der Waals surface area contributed by atoms with Crippen LogP contribution in [0, 0.1) is 29.6 Å². The molecule has 0 aromatic carbocycles. The predicted molar refractivity (Wildman–Crippen MR) is 75.6 cm³/mol.